The Balaban J connectivity index is 1.97. The van der Waals surface area contributed by atoms with Crippen LogP contribution in [0.2, 0.25) is 0 Å². The van der Waals surface area contributed by atoms with Crippen molar-refractivity contribution < 1.29 is 4.79 Å². The van der Waals surface area contributed by atoms with E-state index in [2.05, 4.69) is 37.9 Å². The lowest BCUT2D eigenvalue weighted by Crippen LogP contribution is -2.52. The van der Waals surface area contributed by atoms with Crippen LogP contribution in [0.15, 0.2) is 0 Å². The predicted octanol–water partition coefficient (Wildman–Crippen LogP) is 3.44. The van der Waals surface area contributed by atoms with Gasteiger partial charge in [0.2, 0.25) is 5.91 Å². The van der Waals surface area contributed by atoms with E-state index >= 15 is 0 Å². The fourth-order valence-corrected chi connectivity index (χ4v) is 4.19. The zero-order valence-electron chi connectivity index (χ0n) is 14.5. The zero-order chi connectivity index (χ0) is 15.5. The summed E-state index contributed by atoms with van der Waals surface area (Å²) in [5.41, 5.74) is 0.277. The molecule has 2 saturated heterocycles. The molecule has 3 heteroatoms. The number of rotatable bonds is 4. The van der Waals surface area contributed by atoms with Gasteiger partial charge in [0.15, 0.2) is 0 Å². The molecule has 0 spiro atoms. The van der Waals surface area contributed by atoms with Crippen LogP contribution >= 0.6 is 0 Å². The van der Waals surface area contributed by atoms with E-state index in [-0.39, 0.29) is 5.41 Å². The molecule has 1 atom stereocenters. The third kappa shape index (κ3) is 3.44. The number of nitrogens with one attached hydrogen (secondary N) is 1. The van der Waals surface area contributed by atoms with Gasteiger partial charge >= 0.3 is 0 Å². The Labute approximate surface area is 130 Å². The van der Waals surface area contributed by atoms with Gasteiger partial charge < -0.3 is 10.2 Å². The summed E-state index contributed by atoms with van der Waals surface area (Å²) in [5.74, 6) is 0.875. The Kier molecular flexibility index (Phi) is 5.34. The van der Waals surface area contributed by atoms with Crippen molar-refractivity contribution in [3.8, 4) is 0 Å². The Morgan fingerprint density at radius 2 is 1.86 bits per heavy atom. The smallest absolute Gasteiger partial charge is 0.228 e. The van der Waals surface area contributed by atoms with E-state index in [1.54, 1.807) is 0 Å². The molecule has 122 valence electrons. The minimum Gasteiger partial charge on any atom is -0.342 e. The van der Waals surface area contributed by atoms with E-state index in [0.29, 0.717) is 17.2 Å². The molecule has 2 fully saturated rings. The maximum atomic E-state index is 13.0. The molecule has 1 N–H and O–H groups in total. The molecule has 2 heterocycles. The van der Waals surface area contributed by atoms with Crippen LogP contribution in [0, 0.1) is 16.7 Å². The molecule has 3 nitrogen and oxygen atoms in total. The van der Waals surface area contributed by atoms with Crippen LogP contribution in [0.4, 0.5) is 0 Å². The maximum absolute atomic E-state index is 13.0. The van der Waals surface area contributed by atoms with Crippen LogP contribution in [0.1, 0.15) is 66.2 Å². The molecule has 0 saturated carbocycles. The maximum Gasteiger partial charge on any atom is 0.228 e. The lowest BCUT2D eigenvalue weighted by atomic mass is 9.71. The highest BCUT2D eigenvalue weighted by Gasteiger charge is 2.42. The first-order chi connectivity index (χ1) is 9.95. The molecule has 0 aromatic carbocycles. The highest BCUT2D eigenvalue weighted by atomic mass is 16.2. The quantitative estimate of drug-likeness (QED) is 0.861. The largest absolute Gasteiger partial charge is 0.342 e. The topological polar surface area (TPSA) is 32.3 Å². The van der Waals surface area contributed by atoms with Crippen LogP contribution < -0.4 is 5.32 Å². The van der Waals surface area contributed by atoms with Gasteiger partial charge in [-0.1, -0.05) is 40.5 Å². The second-order valence-electron chi connectivity index (χ2n) is 7.76. The van der Waals surface area contributed by atoms with E-state index < -0.39 is 0 Å². The van der Waals surface area contributed by atoms with Crippen molar-refractivity contribution in [3.05, 3.63) is 0 Å². The van der Waals surface area contributed by atoms with E-state index in [1.165, 1.54) is 38.5 Å². The number of likely N-dealkylation sites (tertiary alicyclic amines) is 1. The molecule has 2 aliphatic heterocycles. The van der Waals surface area contributed by atoms with Gasteiger partial charge in [0, 0.05) is 18.5 Å². The Morgan fingerprint density at radius 3 is 2.33 bits per heavy atom. The fraction of sp³-hybridized carbons (Fsp3) is 0.944. The van der Waals surface area contributed by atoms with Gasteiger partial charge in [-0.2, -0.15) is 0 Å². The Bertz CT molecular complexity index is 344. The van der Waals surface area contributed by atoms with E-state index in [9.17, 15) is 4.79 Å². The van der Waals surface area contributed by atoms with Crippen molar-refractivity contribution in [2.75, 3.05) is 26.2 Å². The number of carbonyl (C=O) groups excluding carboxylic acids is 1. The number of nitrogens with zero attached hydrogens (tertiary/aromatic N) is 1. The van der Waals surface area contributed by atoms with Gasteiger partial charge in [-0.05, 0) is 50.1 Å². The van der Waals surface area contributed by atoms with Crippen LogP contribution in [0.25, 0.3) is 0 Å². The molecule has 2 rings (SSSR count). The monoisotopic (exact) mass is 294 g/mol. The number of amides is 1. The van der Waals surface area contributed by atoms with Crippen molar-refractivity contribution in [1.82, 2.24) is 10.2 Å². The van der Waals surface area contributed by atoms with Crippen molar-refractivity contribution in [2.45, 2.75) is 66.2 Å². The summed E-state index contributed by atoms with van der Waals surface area (Å²) in [6, 6.07) is 0. The number of hydrogen-bond acceptors (Lipinski definition) is 2. The molecular weight excluding hydrogens is 260 g/mol. The van der Waals surface area contributed by atoms with Crippen LogP contribution in [-0.2, 0) is 4.79 Å². The fourth-order valence-electron chi connectivity index (χ4n) is 4.19. The number of carbonyl (C=O) groups is 1. The normalized spacial score (nSPS) is 26.7. The Morgan fingerprint density at radius 1 is 1.24 bits per heavy atom. The second-order valence-corrected chi connectivity index (χ2v) is 7.76. The first-order valence-corrected chi connectivity index (χ1v) is 8.95. The summed E-state index contributed by atoms with van der Waals surface area (Å²) >= 11 is 0. The van der Waals surface area contributed by atoms with Crippen LogP contribution in [0.3, 0.4) is 0 Å². The summed E-state index contributed by atoms with van der Waals surface area (Å²) < 4.78 is 0. The molecule has 2 aliphatic rings. The third-order valence-corrected chi connectivity index (χ3v) is 6.48. The molecule has 0 radical (unpaired) electrons. The van der Waals surface area contributed by atoms with E-state index in [0.717, 1.165) is 26.2 Å². The first-order valence-electron chi connectivity index (χ1n) is 8.95. The van der Waals surface area contributed by atoms with E-state index in [4.69, 9.17) is 0 Å². The molecular formula is C18H34N2O. The molecule has 0 aliphatic carbocycles. The van der Waals surface area contributed by atoms with Gasteiger partial charge in [-0.3, -0.25) is 4.79 Å². The van der Waals surface area contributed by atoms with Gasteiger partial charge in [0.25, 0.3) is 0 Å². The highest BCUT2D eigenvalue weighted by Crippen LogP contribution is 2.40. The van der Waals surface area contributed by atoms with Gasteiger partial charge in [-0.15, -0.1) is 0 Å². The summed E-state index contributed by atoms with van der Waals surface area (Å²) in [5, 5.41) is 3.46. The molecule has 0 aromatic rings. The third-order valence-electron chi connectivity index (χ3n) is 6.48. The molecule has 1 unspecified atom stereocenters. The summed E-state index contributed by atoms with van der Waals surface area (Å²) in [4.78, 5) is 15.2. The average molecular weight is 294 g/mol. The standard InChI is InChI=1S/C18H34N2O/c1-5-18(6-2)9-12-20(13-10-18)16(21)17(3,4)15-8-7-11-19-14-15/h15,19H,5-14H2,1-4H3. The number of hydrogen-bond donors (Lipinski definition) is 1. The second kappa shape index (κ2) is 6.68. The molecule has 0 bridgehead atoms. The van der Waals surface area contributed by atoms with Gasteiger partial charge in [-0.25, -0.2) is 0 Å². The number of piperidine rings is 2. The lowest BCUT2D eigenvalue weighted by molar-refractivity contribution is -0.146. The molecule has 0 aromatic heterocycles. The van der Waals surface area contributed by atoms with E-state index in [1.807, 2.05) is 0 Å². The lowest BCUT2D eigenvalue weighted by Gasteiger charge is -2.45. The molecule has 1 amide bonds. The van der Waals surface area contributed by atoms with Crippen molar-refractivity contribution in [3.63, 3.8) is 0 Å². The predicted molar refractivity (Wildman–Crippen MR) is 88.2 cm³/mol. The van der Waals surface area contributed by atoms with Crippen molar-refractivity contribution in [2.24, 2.45) is 16.7 Å². The summed E-state index contributed by atoms with van der Waals surface area (Å²) in [6.07, 6.45) is 7.27. The van der Waals surface area contributed by atoms with Crippen LogP contribution in [-0.4, -0.2) is 37.0 Å². The van der Waals surface area contributed by atoms with Gasteiger partial charge in [0.05, 0.1) is 0 Å². The highest BCUT2D eigenvalue weighted by molar-refractivity contribution is 5.82. The van der Waals surface area contributed by atoms with Crippen LogP contribution in [0.5, 0.6) is 0 Å². The summed E-state index contributed by atoms with van der Waals surface area (Å²) in [7, 11) is 0. The average Bonchev–Trinajstić information content (AvgIpc) is 2.55. The first kappa shape index (κ1) is 16.8. The van der Waals surface area contributed by atoms with Crippen molar-refractivity contribution >= 4 is 5.91 Å². The zero-order valence-corrected chi connectivity index (χ0v) is 14.5. The summed E-state index contributed by atoms with van der Waals surface area (Å²) in [6.45, 7) is 13.0. The molecule has 21 heavy (non-hydrogen) atoms. The minimum atomic E-state index is -0.216. The SMILES string of the molecule is CCC1(CC)CCN(C(=O)C(C)(C)C2CCCNC2)CC1. The Hall–Kier alpha value is -0.570. The minimum absolute atomic E-state index is 0.216. The van der Waals surface area contributed by atoms with Crippen molar-refractivity contribution in [1.29, 1.82) is 0 Å². The van der Waals surface area contributed by atoms with Gasteiger partial charge in [0.1, 0.15) is 0 Å².